The smallest absolute Gasteiger partial charge is 0.164 e. The van der Waals surface area contributed by atoms with Crippen molar-refractivity contribution >= 4 is 31.5 Å². The zero-order chi connectivity index (χ0) is 29.8. The van der Waals surface area contributed by atoms with Crippen molar-refractivity contribution < 1.29 is 8.22 Å². The van der Waals surface area contributed by atoms with Crippen molar-refractivity contribution in [3.63, 3.8) is 0 Å². The van der Waals surface area contributed by atoms with Crippen LogP contribution in [0.1, 0.15) is 8.22 Å². The minimum Gasteiger partial charge on any atom is -0.208 e. The molecule has 2 heterocycles. The van der Waals surface area contributed by atoms with Crippen LogP contribution in [0.15, 0.2) is 127 Å². The summed E-state index contributed by atoms with van der Waals surface area (Å²) in [5, 5.41) is 0.569. The Kier molecular flexibility index (Phi) is 3.96. The summed E-state index contributed by atoms with van der Waals surface area (Å²) in [6.45, 7) is 0. The average Bonchev–Trinajstić information content (AvgIpc) is 3.45. The predicted octanol–water partition coefficient (Wildman–Crippen LogP) is 8.91. The fraction of sp³-hybridized carbons (Fsp3) is 0. The van der Waals surface area contributed by atoms with Crippen molar-refractivity contribution in [2.75, 3.05) is 0 Å². The third-order valence-corrected chi connectivity index (χ3v) is 7.17. The van der Waals surface area contributed by atoms with Gasteiger partial charge in [0.25, 0.3) is 0 Å². The summed E-state index contributed by atoms with van der Waals surface area (Å²) in [7, 11) is 0. The minimum absolute atomic E-state index is 0.0436. The standard InChI is InChI=1S/C33H21N3S/c1-4-11-22(12-5-1)26-17-10-18-28-27-20-19-25(21-29(27)37-30(26)28)33-35-31(23-13-6-2-7-14-23)34-32(36-33)24-15-8-3-9-16-24/h1-21H/i10D,17D,18D,19D,20D,21D. The van der Waals surface area contributed by atoms with Gasteiger partial charge in [-0.25, -0.2) is 15.0 Å². The average molecular weight is 498 g/mol. The lowest BCUT2D eigenvalue weighted by Crippen LogP contribution is -1.99. The van der Waals surface area contributed by atoms with Crippen LogP contribution in [-0.2, 0) is 0 Å². The molecule has 174 valence electrons. The highest BCUT2D eigenvalue weighted by molar-refractivity contribution is 7.26. The highest BCUT2D eigenvalue weighted by Crippen LogP contribution is 2.41. The van der Waals surface area contributed by atoms with Gasteiger partial charge < -0.3 is 0 Å². The van der Waals surface area contributed by atoms with Crippen LogP contribution in [-0.4, -0.2) is 15.0 Å². The molecule has 0 aliphatic rings. The number of aromatic nitrogens is 3. The molecule has 0 unspecified atom stereocenters. The number of thiophene rings is 1. The molecule has 3 nitrogen and oxygen atoms in total. The van der Waals surface area contributed by atoms with Crippen LogP contribution in [0.25, 0.3) is 65.5 Å². The molecule has 37 heavy (non-hydrogen) atoms. The van der Waals surface area contributed by atoms with E-state index in [0.29, 0.717) is 37.6 Å². The van der Waals surface area contributed by atoms with Crippen LogP contribution in [0, 0.1) is 0 Å². The van der Waals surface area contributed by atoms with Gasteiger partial charge in [-0.15, -0.1) is 11.3 Å². The summed E-state index contributed by atoms with van der Waals surface area (Å²) in [5.41, 5.74) is 2.76. The Morgan fingerprint density at radius 3 is 1.65 bits per heavy atom. The van der Waals surface area contributed by atoms with Crippen LogP contribution in [0.5, 0.6) is 0 Å². The summed E-state index contributed by atoms with van der Waals surface area (Å²) in [6, 6.07) is 27.0. The van der Waals surface area contributed by atoms with E-state index < -0.39 is 0 Å². The molecule has 0 aliphatic heterocycles. The Hall–Kier alpha value is -4.67. The van der Waals surface area contributed by atoms with Crippen LogP contribution in [0.4, 0.5) is 0 Å². The fourth-order valence-corrected chi connectivity index (χ4v) is 5.40. The number of fused-ring (bicyclic) bond motifs is 3. The first-order valence-electron chi connectivity index (χ1n) is 14.7. The Bertz CT molecular complexity index is 2130. The number of rotatable bonds is 4. The Morgan fingerprint density at radius 1 is 0.514 bits per heavy atom. The van der Waals surface area contributed by atoms with Crippen molar-refractivity contribution in [3.05, 3.63) is 127 Å². The first-order chi connectivity index (χ1) is 20.8. The number of hydrogen-bond acceptors (Lipinski definition) is 4. The van der Waals surface area contributed by atoms with Crippen molar-refractivity contribution in [1.29, 1.82) is 0 Å². The van der Waals surface area contributed by atoms with Crippen molar-refractivity contribution in [2.24, 2.45) is 0 Å². The van der Waals surface area contributed by atoms with Crippen LogP contribution < -0.4 is 0 Å². The SMILES string of the molecule is [2H]c1c([2H])c([2H])c2c(sc3c([2H])c(-c4nc(-c5ccccc5)nc(-c5ccccc5)n4)c([2H])c([2H])c32)c1-c1ccccc1. The molecule has 0 radical (unpaired) electrons. The van der Waals surface area contributed by atoms with Gasteiger partial charge in [0.2, 0.25) is 0 Å². The largest absolute Gasteiger partial charge is 0.208 e. The van der Waals surface area contributed by atoms with E-state index in [1.807, 2.05) is 91.0 Å². The molecule has 7 aromatic rings. The second-order valence-corrected chi connectivity index (χ2v) is 9.44. The third kappa shape index (κ3) is 3.98. The van der Waals surface area contributed by atoms with E-state index >= 15 is 0 Å². The lowest BCUT2D eigenvalue weighted by atomic mass is 10.0. The highest BCUT2D eigenvalue weighted by Gasteiger charge is 2.15. The Morgan fingerprint density at radius 2 is 1.05 bits per heavy atom. The van der Waals surface area contributed by atoms with E-state index in [1.54, 1.807) is 0 Å². The van der Waals surface area contributed by atoms with Gasteiger partial charge in [-0.3, -0.25) is 0 Å². The fourth-order valence-electron chi connectivity index (χ4n) is 4.26. The predicted molar refractivity (Wildman–Crippen MR) is 154 cm³/mol. The summed E-state index contributed by atoms with van der Waals surface area (Å²) < 4.78 is 54.4. The molecular formula is C33H21N3S. The van der Waals surface area contributed by atoms with E-state index in [1.165, 1.54) is 11.3 Å². The van der Waals surface area contributed by atoms with E-state index in [4.69, 9.17) is 21.8 Å². The monoisotopic (exact) mass is 497 g/mol. The molecule has 0 atom stereocenters. The van der Waals surface area contributed by atoms with Crippen molar-refractivity contribution in [2.45, 2.75) is 0 Å². The van der Waals surface area contributed by atoms with Gasteiger partial charge in [0, 0.05) is 36.9 Å². The zero-order valence-electron chi connectivity index (χ0n) is 25.4. The Balaban J connectivity index is 1.56. The van der Waals surface area contributed by atoms with E-state index in [0.717, 1.165) is 11.1 Å². The second-order valence-electron chi connectivity index (χ2n) is 8.41. The molecular weight excluding hydrogens is 470 g/mol. The molecule has 0 fully saturated rings. The molecule has 0 bridgehead atoms. The lowest BCUT2D eigenvalue weighted by molar-refractivity contribution is 1.07. The third-order valence-electron chi connectivity index (χ3n) is 6.05. The lowest BCUT2D eigenvalue weighted by Gasteiger charge is -2.08. The van der Waals surface area contributed by atoms with Gasteiger partial charge in [0.05, 0.1) is 8.22 Å². The summed E-state index contributed by atoms with van der Waals surface area (Å²) >= 11 is 1.19. The van der Waals surface area contributed by atoms with E-state index in [9.17, 15) is 1.37 Å². The van der Waals surface area contributed by atoms with Crippen LogP contribution in [0.2, 0.25) is 0 Å². The number of hydrogen-bond donors (Lipinski definition) is 0. The first kappa shape index (κ1) is 16.1. The molecule has 0 saturated carbocycles. The molecule has 0 aliphatic carbocycles. The maximum Gasteiger partial charge on any atom is 0.164 e. The maximum atomic E-state index is 9.30. The first-order valence-corrected chi connectivity index (χ1v) is 12.5. The minimum atomic E-state index is -0.259. The van der Waals surface area contributed by atoms with Gasteiger partial charge in [0.1, 0.15) is 0 Å². The zero-order valence-corrected chi connectivity index (χ0v) is 20.2. The topological polar surface area (TPSA) is 38.7 Å². The molecule has 0 amide bonds. The van der Waals surface area contributed by atoms with Gasteiger partial charge in [-0.1, -0.05) is 121 Å². The molecule has 7 rings (SSSR count). The highest BCUT2D eigenvalue weighted by atomic mass is 32.1. The second kappa shape index (κ2) is 9.08. The molecule has 0 N–H and O–H groups in total. The van der Waals surface area contributed by atoms with E-state index in [2.05, 4.69) is 0 Å². The Labute approximate surface area is 227 Å². The van der Waals surface area contributed by atoms with Crippen LogP contribution in [0.3, 0.4) is 0 Å². The molecule has 0 spiro atoms. The van der Waals surface area contributed by atoms with Gasteiger partial charge in [0.15, 0.2) is 17.5 Å². The summed E-state index contributed by atoms with van der Waals surface area (Å²) in [5.74, 6) is 0.861. The van der Waals surface area contributed by atoms with Crippen molar-refractivity contribution in [1.82, 2.24) is 15.0 Å². The van der Waals surface area contributed by atoms with Gasteiger partial charge >= 0.3 is 0 Å². The molecule has 5 aromatic carbocycles. The quantitative estimate of drug-likeness (QED) is 0.244. The maximum absolute atomic E-state index is 9.30. The van der Waals surface area contributed by atoms with Gasteiger partial charge in [-0.05, 0) is 17.2 Å². The number of benzene rings is 5. The normalized spacial score (nSPS) is 13.5. The molecule has 2 aromatic heterocycles. The molecule has 4 heteroatoms. The van der Waals surface area contributed by atoms with E-state index in [-0.39, 0.29) is 53.0 Å². The van der Waals surface area contributed by atoms with Crippen molar-refractivity contribution in [3.8, 4) is 45.3 Å². The molecule has 0 saturated heterocycles. The van der Waals surface area contributed by atoms with Crippen LogP contribution >= 0.6 is 11.3 Å². The number of nitrogens with zero attached hydrogens (tertiary/aromatic N) is 3. The summed E-state index contributed by atoms with van der Waals surface area (Å²) in [6.07, 6.45) is 0. The summed E-state index contributed by atoms with van der Waals surface area (Å²) in [4.78, 5) is 14.1. The van der Waals surface area contributed by atoms with Gasteiger partial charge in [-0.2, -0.15) is 0 Å².